The van der Waals surface area contributed by atoms with E-state index in [1.165, 1.54) is 12.1 Å². The van der Waals surface area contributed by atoms with E-state index in [1.807, 2.05) is 0 Å². The predicted octanol–water partition coefficient (Wildman–Crippen LogP) is 5.66. The lowest BCUT2D eigenvalue weighted by Crippen LogP contribution is -2.19. The fraction of sp³-hybridized carbons (Fsp3) is 0.294. The van der Waals surface area contributed by atoms with Crippen LogP contribution in [0.25, 0.3) is 0 Å². The molecule has 0 unspecified atom stereocenters. The first kappa shape index (κ1) is 16.5. The molecule has 0 N–H and O–H groups in total. The molecule has 0 saturated heterocycles. The molecule has 0 aromatic heterocycles. The van der Waals surface area contributed by atoms with Gasteiger partial charge in [-0.2, -0.15) is 13.2 Å². The standard InChI is InChI=1S/C17H15F5/c1-11-6-7-15(12(2)8-11)16(18,19)10-13-4-3-5-14(9-13)17(20,21)22/h3-9H,10H2,1-2H3. The molecule has 0 fully saturated rings. The molecule has 0 spiro atoms. The zero-order valence-electron chi connectivity index (χ0n) is 12.1. The largest absolute Gasteiger partial charge is 0.416 e. The Kier molecular flexibility index (Phi) is 4.27. The highest BCUT2D eigenvalue weighted by Crippen LogP contribution is 2.36. The maximum atomic E-state index is 14.4. The molecule has 118 valence electrons. The molecule has 0 bridgehead atoms. The minimum absolute atomic E-state index is 0.0419. The van der Waals surface area contributed by atoms with E-state index in [-0.39, 0.29) is 11.1 Å². The van der Waals surface area contributed by atoms with Crippen LogP contribution in [-0.4, -0.2) is 0 Å². The van der Waals surface area contributed by atoms with Crippen LogP contribution in [0.15, 0.2) is 42.5 Å². The molecule has 2 aromatic carbocycles. The molecular formula is C17H15F5. The van der Waals surface area contributed by atoms with Crippen LogP contribution in [0.2, 0.25) is 0 Å². The van der Waals surface area contributed by atoms with Gasteiger partial charge in [0.15, 0.2) is 0 Å². The molecule has 5 heteroatoms. The molecule has 0 radical (unpaired) electrons. The first-order chi connectivity index (χ1) is 10.1. The van der Waals surface area contributed by atoms with Gasteiger partial charge in [0.05, 0.1) is 5.56 Å². The summed E-state index contributed by atoms with van der Waals surface area (Å²) in [5.74, 6) is -3.22. The summed E-state index contributed by atoms with van der Waals surface area (Å²) in [5, 5.41) is 0. The van der Waals surface area contributed by atoms with Crippen LogP contribution in [-0.2, 0) is 18.5 Å². The van der Waals surface area contributed by atoms with Crippen LogP contribution in [0.5, 0.6) is 0 Å². The molecule has 0 aliphatic rings. The number of hydrogen-bond donors (Lipinski definition) is 0. The zero-order chi connectivity index (χ0) is 16.5. The van der Waals surface area contributed by atoms with Gasteiger partial charge in [0.25, 0.3) is 5.92 Å². The number of hydrogen-bond acceptors (Lipinski definition) is 0. The van der Waals surface area contributed by atoms with Crippen LogP contribution in [0.3, 0.4) is 0 Å². The van der Waals surface area contributed by atoms with Crippen molar-refractivity contribution < 1.29 is 22.0 Å². The third-order valence-electron chi connectivity index (χ3n) is 3.46. The molecule has 22 heavy (non-hydrogen) atoms. The van der Waals surface area contributed by atoms with Gasteiger partial charge in [0, 0.05) is 12.0 Å². The second-order valence-corrected chi connectivity index (χ2v) is 5.40. The molecule has 2 rings (SSSR count). The van der Waals surface area contributed by atoms with E-state index in [0.29, 0.717) is 5.56 Å². The molecule has 0 atom stereocenters. The number of aryl methyl sites for hydroxylation is 2. The Labute approximate surface area is 125 Å². The number of rotatable bonds is 3. The van der Waals surface area contributed by atoms with Gasteiger partial charge in [-0.1, -0.05) is 42.0 Å². The summed E-state index contributed by atoms with van der Waals surface area (Å²) in [4.78, 5) is 0. The zero-order valence-corrected chi connectivity index (χ0v) is 12.1. The highest BCUT2D eigenvalue weighted by molar-refractivity contribution is 5.35. The Morgan fingerprint density at radius 3 is 2.14 bits per heavy atom. The average Bonchev–Trinajstić information content (AvgIpc) is 2.36. The van der Waals surface area contributed by atoms with Crippen LogP contribution in [0.1, 0.15) is 27.8 Å². The van der Waals surface area contributed by atoms with Gasteiger partial charge in [-0.15, -0.1) is 0 Å². The SMILES string of the molecule is Cc1ccc(C(F)(F)Cc2cccc(C(F)(F)F)c2)c(C)c1. The highest BCUT2D eigenvalue weighted by atomic mass is 19.4. The predicted molar refractivity (Wildman–Crippen MR) is 75.0 cm³/mol. The fourth-order valence-corrected chi connectivity index (χ4v) is 2.43. The van der Waals surface area contributed by atoms with Gasteiger partial charge in [-0.3, -0.25) is 0 Å². The van der Waals surface area contributed by atoms with Crippen molar-refractivity contribution in [1.29, 1.82) is 0 Å². The van der Waals surface area contributed by atoms with E-state index in [4.69, 9.17) is 0 Å². The normalized spacial score (nSPS) is 12.5. The summed E-state index contributed by atoms with van der Waals surface area (Å²) in [6, 6.07) is 8.62. The number of benzene rings is 2. The van der Waals surface area contributed by atoms with Crippen LogP contribution in [0.4, 0.5) is 22.0 Å². The number of halogens is 5. The molecule has 0 aliphatic carbocycles. The Balaban J connectivity index is 2.32. The summed E-state index contributed by atoms with van der Waals surface area (Å²) < 4.78 is 66.7. The van der Waals surface area contributed by atoms with Crippen LogP contribution >= 0.6 is 0 Å². The Bertz CT molecular complexity index is 671. The molecule has 0 saturated carbocycles. The van der Waals surface area contributed by atoms with Gasteiger partial charge in [0.1, 0.15) is 0 Å². The summed E-state index contributed by atoms with van der Waals surface area (Å²) >= 11 is 0. The Morgan fingerprint density at radius 2 is 1.55 bits per heavy atom. The van der Waals surface area contributed by atoms with Crippen molar-refractivity contribution in [3.63, 3.8) is 0 Å². The first-order valence-electron chi connectivity index (χ1n) is 6.71. The molecule has 2 aromatic rings. The summed E-state index contributed by atoms with van der Waals surface area (Å²) in [6.07, 6.45) is -5.30. The highest BCUT2D eigenvalue weighted by Gasteiger charge is 2.35. The van der Waals surface area contributed by atoms with Crippen molar-refractivity contribution in [3.05, 3.63) is 70.3 Å². The lowest BCUT2D eigenvalue weighted by atomic mass is 9.95. The molecule has 0 aliphatic heterocycles. The van der Waals surface area contributed by atoms with E-state index in [0.717, 1.165) is 23.8 Å². The Hall–Kier alpha value is -1.91. The second kappa shape index (κ2) is 5.71. The first-order valence-corrected chi connectivity index (χ1v) is 6.71. The average molecular weight is 314 g/mol. The van der Waals surface area contributed by atoms with Crippen LogP contribution < -0.4 is 0 Å². The fourth-order valence-electron chi connectivity index (χ4n) is 2.43. The van der Waals surface area contributed by atoms with Crippen molar-refractivity contribution in [3.8, 4) is 0 Å². The second-order valence-electron chi connectivity index (χ2n) is 5.40. The van der Waals surface area contributed by atoms with Crippen molar-refractivity contribution in [2.24, 2.45) is 0 Å². The van der Waals surface area contributed by atoms with E-state index < -0.39 is 24.1 Å². The minimum Gasteiger partial charge on any atom is -0.201 e. The van der Waals surface area contributed by atoms with E-state index in [9.17, 15) is 22.0 Å². The monoisotopic (exact) mass is 314 g/mol. The third kappa shape index (κ3) is 3.64. The van der Waals surface area contributed by atoms with Gasteiger partial charge < -0.3 is 0 Å². The molecule has 0 amide bonds. The van der Waals surface area contributed by atoms with E-state index >= 15 is 0 Å². The molecular weight excluding hydrogens is 299 g/mol. The van der Waals surface area contributed by atoms with Gasteiger partial charge >= 0.3 is 6.18 Å². The number of alkyl halides is 5. The van der Waals surface area contributed by atoms with Crippen molar-refractivity contribution >= 4 is 0 Å². The lowest BCUT2D eigenvalue weighted by Gasteiger charge is -2.20. The Morgan fingerprint density at radius 1 is 0.864 bits per heavy atom. The van der Waals surface area contributed by atoms with Gasteiger partial charge in [0.2, 0.25) is 0 Å². The quantitative estimate of drug-likeness (QED) is 0.642. The topological polar surface area (TPSA) is 0 Å². The van der Waals surface area contributed by atoms with Crippen LogP contribution in [0, 0.1) is 13.8 Å². The summed E-state index contributed by atoms with van der Waals surface area (Å²) in [7, 11) is 0. The third-order valence-corrected chi connectivity index (χ3v) is 3.46. The minimum atomic E-state index is -4.54. The van der Waals surface area contributed by atoms with Crippen molar-refractivity contribution in [1.82, 2.24) is 0 Å². The van der Waals surface area contributed by atoms with Gasteiger partial charge in [-0.05, 0) is 31.0 Å². The molecule has 0 nitrogen and oxygen atoms in total. The van der Waals surface area contributed by atoms with Gasteiger partial charge in [-0.25, -0.2) is 8.78 Å². The van der Waals surface area contributed by atoms with Crippen molar-refractivity contribution in [2.45, 2.75) is 32.4 Å². The maximum Gasteiger partial charge on any atom is 0.416 e. The summed E-state index contributed by atoms with van der Waals surface area (Å²) in [5.41, 5.74) is 0.171. The van der Waals surface area contributed by atoms with E-state index in [2.05, 4.69) is 0 Å². The summed E-state index contributed by atoms with van der Waals surface area (Å²) in [6.45, 7) is 3.37. The smallest absolute Gasteiger partial charge is 0.201 e. The molecule has 0 heterocycles. The lowest BCUT2D eigenvalue weighted by molar-refractivity contribution is -0.137. The maximum absolute atomic E-state index is 14.4. The van der Waals surface area contributed by atoms with Crippen molar-refractivity contribution in [2.75, 3.05) is 0 Å². The van der Waals surface area contributed by atoms with E-state index in [1.54, 1.807) is 26.0 Å².